The molecule has 1 aliphatic heterocycles. The van der Waals surface area contributed by atoms with E-state index in [1.54, 1.807) is 0 Å². The summed E-state index contributed by atoms with van der Waals surface area (Å²) in [5.74, 6) is 0. The van der Waals surface area contributed by atoms with Crippen molar-refractivity contribution in [2.75, 3.05) is 39.3 Å². The lowest BCUT2D eigenvalue weighted by molar-refractivity contribution is 0.0323. The van der Waals surface area contributed by atoms with Gasteiger partial charge in [0.15, 0.2) is 0 Å². The maximum atomic E-state index is 9.94. The van der Waals surface area contributed by atoms with Gasteiger partial charge in [0.25, 0.3) is 0 Å². The molecule has 0 saturated carbocycles. The van der Waals surface area contributed by atoms with Crippen LogP contribution in [0, 0.1) is 0 Å². The van der Waals surface area contributed by atoms with Crippen LogP contribution in [0.5, 0.6) is 0 Å². The number of likely N-dealkylation sites (tertiary alicyclic amines) is 1. The van der Waals surface area contributed by atoms with Crippen LogP contribution in [0.4, 0.5) is 0 Å². The predicted octanol–water partition coefficient (Wildman–Crippen LogP) is 0.112. The first-order chi connectivity index (χ1) is 7.52. The highest BCUT2D eigenvalue weighted by Crippen LogP contribution is 2.17. The normalized spacial score (nSPS) is 26.2. The van der Waals surface area contributed by atoms with Gasteiger partial charge in [0, 0.05) is 25.7 Å². The Kier molecular flexibility index (Phi) is 5.18. The third kappa shape index (κ3) is 3.70. The summed E-state index contributed by atoms with van der Waals surface area (Å²) in [5.41, 5.74) is 4.81. The SMILES string of the molecule is CCN(CC)C1CCN(CC(C)(O)CN)C1. The minimum atomic E-state index is -0.738. The van der Waals surface area contributed by atoms with Crippen LogP contribution in [0.3, 0.4) is 0 Å². The van der Waals surface area contributed by atoms with Crippen LogP contribution in [-0.2, 0) is 0 Å². The van der Waals surface area contributed by atoms with Gasteiger partial charge in [0.05, 0.1) is 5.60 Å². The number of nitrogens with zero attached hydrogens (tertiary/aromatic N) is 2. The van der Waals surface area contributed by atoms with Gasteiger partial charge in [-0.3, -0.25) is 9.80 Å². The number of β-amino-alcohol motifs (C(OH)–C–C–N with tert-alkyl or cyclic N) is 1. The highest BCUT2D eigenvalue weighted by atomic mass is 16.3. The highest BCUT2D eigenvalue weighted by Gasteiger charge is 2.30. The largest absolute Gasteiger partial charge is 0.388 e. The minimum absolute atomic E-state index is 0.333. The number of nitrogens with two attached hydrogens (primary N) is 1. The van der Waals surface area contributed by atoms with E-state index in [1.165, 1.54) is 6.42 Å². The lowest BCUT2D eigenvalue weighted by atomic mass is 10.1. The first kappa shape index (κ1) is 13.9. The van der Waals surface area contributed by atoms with E-state index in [0.717, 1.165) is 26.2 Å². The summed E-state index contributed by atoms with van der Waals surface area (Å²) >= 11 is 0. The van der Waals surface area contributed by atoms with Gasteiger partial charge in [-0.1, -0.05) is 13.8 Å². The fraction of sp³-hybridized carbons (Fsp3) is 1.00. The second-order valence-corrected chi connectivity index (χ2v) is 5.10. The molecule has 0 radical (unpaired) electrons. The third-order valence-corrected chi connectivity index (χ3v) is 3.58. The summed E-state index contributed by atoms with van der Waals surface area (Å²) in [7, 11) is 0. The molecule has 0 amide bonds. The Morgan fingerprint density at radius 2 is 2.06 bits per heavy atom. The maximum absolute atomic E-state index is 9.94. The monoisotopic (exact) mass is 229 g/mol. The zero-order valence-electron chi connectivity index (χ0n) is 10.9. The standard InChI is InChI=1S/C12H27N3O/c1-4-15(5-2)11-6-7-14(8-11)10-12(3,16)9-13/h11,16H,4-10,13H2,1-3H3. The van der Waals surface area contributed by atoms with Crippen molar-refractivity contribution in [2.45, 2.75) is 38.8 Å². The molecule has 0 aromatic heterocycles. The Labute approximate surface area is 99.4 Å². The number of likely N-dealkylation sites (N-methyl/N-ethyl adjacent to an activating group) is 1. The molecule has 2 atom stereocenters. The molecule has 1 saturated heterocycles. The summed E-state index contributed by atoms with van der Waals surface area (Å²) in [4.78, 5) is 4.83. The quantitative estimate of drug-likeness (QED) is 0.679. The summed E-state index contributed by atoms with van der Waals surface area (Å²) in [6.07, 6.45) is 1.21. The van der Waals surface area contributed by atoms with Crippen molar-refractivity contribution in [3.05, 3.63) is 0 Å². The number of hydrogen-bond donors (Lipinski definition) is 2. The summed E-state index contributed by atoms with van der Waals surface area (Å²) in [6, 6.07) is 0.656. The zero-order valence-corrected chi connectivity index (χ0v) is 10.9. The molecule has 1 fully saturated rings. The van der Waals surface area contributed by atoms with Crippen molar-refractivity contribution in [1.29, 1.82) is 0 Å². The first-order valence-electron chi connectivity index (χ1n) is 6.41. The third-order valence-electron chi connectivity index (χ3n) is 3.58. The van der Waals surface area contributed by atoms with Crippen LogP contribution in [-0.4, -0.2) is 65.8 Å². The molecule has 0 bridgehead atoms. The van der Waals surface area contributed by atoms with Crippen LogP contribution < -0.4 is 5.73 Å². The Morgan fingerprint density at radius 1 is 1.44 bits per heavy atom. The fourth-order valence-corrected chi connectivity index (χ4v) is 2.54. The molecule has 1 aliphatic rings. The predicted molar refractivity (Wildman–Crippen MR) is 67.4 cm³/mol. The lowest BCUT2D eigenvalue weighted by Crippen LogP contribution is -2.46. The lowest BCUT2D eigenvalue weighted by Gasteiger charge is -2.29. The van der Waals surface area contributed by atoms with Gasteiger partial charge in [-0.15, -0.1) is 0 Å². The van der Waals surface area contributed by atoms with Crippen LogP contribution in [0.15, 0.2) is 0 Å². The van der Waals surface area contributed by atoms with Gasteiger partial charge in [-0.2, -0.15) is 0 Å². The van der Waals surface area contributed by atoms with Gasteiger partial charge < -0.3 is 10.8 Å². The van der Waals surface area contributed by atoms with Crippen molar-refractivity contribution in [1.82, 2.24) is 9.80 Å². The van der Waals surface area contributed by atoms with Crippen molar-refractivity contribution < 1.29 is 5.11 Å². The molecule has 0 aromatic rings. The smallest absolute Gasteiger partial charge is 0.0867 e. The van der Waals surface area contributed by atoms with Crippen LogP contribution in [0.1, 0.15) is 27.2 Å². The van der Waals surface area contributed by atoms with E-state index >= 15 is 0 Å². The van der Waals surface area contributed by atoms with Crippen LogP contribution in [0.2, 0.25) is 0 Å². The minimum Gasteiger partial charge on any atom is -0.388 e. The Balaban J connectivity index is 2.40. The van der Waals surface area contributed by atoms with E-state index in [0.29, 0.717) is 19.1 Å². The Hall–Kier alpha value is -0.160. The molecule has 0 spiro atoms. The van der Waals surface area contributed by atoms with Crippen molar-refractivity contribution in [3.8, 4) is 0 Å². The van der Waals surface area contributed by atoms with E-state index in [9.17, 15) is 5.11 Å². The molecule has 0 aromatic carbocycles. The van der Waals surface area contributed by atoms with Crippen LogP contribution in [0.25, 0.3) is 0 Å². The summed E-state index contributed by atoms with van der Waals surface area (Å²) in [6.45, 7) is 11.6. The Morgan fingerprint density at radius 3 is 2.56 bits per heavy atom. The highest BCUT2D eigenvalue weighted by molar-refractivity contribution is 4.87. The number of rotatable bonds is 6. The van der Waals surface area contributed by atoms with E-state index in [4.69, 9.17) is 5.73 Å². The van der Waals surface area contributed by atoms with E-state index in [1.807, 2.05) is 6.92 Å². The van der Waals surface area contributed by atoms with E-state index < -0.39 is 5.60 Å². The molecular formula is C12H27N3O. The zero-order chi connectivity index (χ0) is 12.2. The molecule has 96 valence electrons. The molecule has 16 heavy (non-hydrogen) atoms. The van der Waals surface area contributed by atoms with Crippen molar-refractivity contribution >= 4 is 0 Å². The maximum Gasteiger partial charge on any atom is 0.0867 e. The van der Waals surface area contributed by atoms with Gasteiger partial charge in [-0.05, 0) is 33.0 Å². The van der Waals surface area contributed by atoms with Gasteiger partial charge >= 0.3 is 0 Å². The molecule has 4 heteroatoms. The number of aliphatic hydroxyl groups is 1. The first-order valence-corrected chi connectivity index (χ1v) is 6.41. The Bertz CT molecular complexity index is 204. The van der Waals surface area contributed by atoms with Gasteiger partial charge in [-0.25, -0.2) is 0 Å². The molecule has 3 N–H and O–H groups in total. The van der Waals surface area contributed by atoms with E-state index in [2.05, 4.69) is 23.6 Å². The summed E-state index contributed by atoms with van der Waals surface area (Å²) < 4.78 is 0. The molecule has 1 heterocycles. The van der Waals surface area contributed by atoms with Crippen molar-refractivity contribution in [2.24, 2.45) is 5.73 Å². The van der Waals surface area contributed by atoms with Crippen LogP contribution >= 0.6 is 0 Å². The van der Waals surface area contributed by atoms with Gasteiger partial charge in [0.1, 0.15) is 0 Å². The fourth-order valence-electron chi connectivity index (χ4n) is 2.54. The molecule has 2 unspecified atom stereocenters. The molecule has 0 aliphatic carbocycles. The van der Waals surface area contributed by atoms with E-state index in [-0.39, 0.29) is 0 Å². The molecule has 4 nitrogen and oxygen atoms in total. The average Bonchev–Trinajstić information content (AvgIpc) is 2.68. The molecule has 1 rings (SSSR count). The molecular weight excluding hydrogens is 202 g/mol. The second kappa shape index (κ2) is 5.96. The van der Waals surface area contributed by atoms with Crippen molar-refractivity contribution in [3.63, 3.8) is 0 Å². The topological polar surface area (TPSA) is 52.7 Å². The second-order valence-electron chi connectivity index (χ2n) is 5.10. The van der Waals surface area contributed by atoms with Gasteiger partial charge in [0.2, 0.25) is 0 Å². The average molecular weight is 229 g/mol. The summed E-state index contributed by atoms with van der Waals surface area (Å²) in [5, 5.41) is 9.94. The number of hydrogen-bond acceptors (Lipinski definition) is 4.